The van der Waals surface area contributed by atoms with E-state index in [4.69, 9.17) is 5.73 Å². The zero-order chi connectivity index (χ0) is 17.9. The summed E-state index contributed by atoms with van der Waals surface area (Å²) in [6.07, 6.45) is 0. The van der Waals surface area contributed by atoms with Gasteiger partial charge in [0.15, 0.2) is 0 Å². The molecule has 0 saturated carbocycles. The van der Waals surface area contributed by atoms with Gasteiger partial charge in [0.2, 0.25) is 5.91 Å². The predicted molar refractivity (Wildman–Crippen MR) is 81.0 cm³/mol. The molecule has 1 atom stereocenters. The largest absolute Gasteiger partial charge is 0.352 e. The third kappa shape index (κ3) is 3.98. The van der Waals surface area contributed by atoms with Gasteiger partial charge in [0.05, 0.1) is 5.56 Å². The van der Waals surface area contributed by atoms with E-state index in [1.54, 1.807) is 0 Å². The minimum atomic E-state index is -0.919. The molecule has 1 saturated heterocycles. The second-order valence-electron chi connectivity index (χ2n) is 5.47. The van der Waals surface area contributed by atoms with Gasteiger partial charge in [-0.15, -0.1) is 0 Å². The van der Waals surface area contributed by atoms with Crippen LogP contribution in [0.5, 0.6) is 0 Å². The number of amides is 4. The monoisotopic (exact) mass is 340 g/mol. The first-order valence-corrected chi connectivity index (χ1v) is 7.38. The Labute approximate surface area is 137 Å². The number of nitrogens with one attached hydrogen (secondary N) is 1. The minimum Gasteiger partial charge on any atom is -0.352 e. The van der Waals surface area contributed by atoms with Crippen LogP contribution < -0.4 is 11.1 Å². The van der Waals surface area contributed by atoms with Crippen molar-refractivity contribution in [1.82, 2.24) is 15.1 Å². The summed E-state index contributed by atoms with van der Waals surface area (Å²) in [7, 11) is 0. The number of primary amides is 1. The van der Waals surface area contributed by atoms with Crippen LogP contribution in [0.25, 0.3) is 0 Å². The summed E-state index contributed by atoms with van der Waals surface area (Å²) in [6.45, 7) is 2.43. The molecule has 1 aromatic carbocycles. The van der Waals surface area contributed by atoms with E-state index in [1.165, 1.54) is 16.7 Å². The molecule has 0 unspecified atom stereocenters. The standard InChI is InChI=1S/C15H18F2N4O3/c1-9(19-15(18)24)13(22)20-4-6-21(7-5-20)14(23)11-3-2-10(16)8-12(11)17/h2-3,8-9H,4-7H2,1H3,(H3,18,19,24)/t9-/m1/s1. The molecule has 0 aliphatic carbocycles. The van der Waals surface area contributed by atoms with Crippen LogP contribution in [0.3, 0.4) is 0 Å². The molecule has 130 valence electrons. The van der Waals surface area contributed by atoms with Crippen molar-refractivity contribution >= 4 is 17.8 Å². The lowest BCUT2D eigenvalue weighted by molar-refractivity contribution is -0.134. The summed E-state index contributed by atoms with van der Waals surface area (Å²) < 4.78 is 26.6. The number of piperazine rings is 1. The number of halogens is 2. The maximum Gasteiger partial charge on any atom is 0.312 e. The van der Waals surface area contributed by atoms with Gasteiger partial charge >= 0.3 is 6.03 Å². The molecule has 9 heteroatoms. The van der Waals surface area contributed by atoms with Crippen molar-refractivity contribution in [1.29, 1.82) is 0 Å². The van der Waals surface area contributed by atoms with Crippen LogP contribution in [0, 0.1) is 11.6 Å². The van der Waals surface area contributed by atoms with Crippen LogP contribution >= 0.6 is 0 Å². The van der Waals surface area contributed by atoms with Gasteiger partial charge in [-0.1, -0.05) is 0 Å². The highest BCUT2D eigenvalue weighted by Crippen LogP contribution is 2.14. The summed E-state index contributed by atoms with van der Waals surface area (Å²) in [5, 5.41) is 2.29. The van der Waals surface area contributed by atoms with Crippen molar-refractivity contribution in [3.63, 3.8) is 0 Å². The fraction of sp³-hybridized carbons (Fsp3) is 0.400. The molecule has 1 fully saturated rings. The predicted octanol–water partition coefficient (Wildman–Crippen LogP) is 0.306. The van der Waals surface area contributed by atoms with Crippen molar-refractivity contribution in [2.24, 2.45) is 5.73 Å². The number of urea groups is 1. The molecule has 1 heterocycles. The lowest BCUT2D eigenvalue weighted by atomic mass is 10.1. The average molecular weight is 340 g/mol. The molecule has 3 N–H and O–H groups in total. The van der Waals surface area contributed by atoms with Crippen molar-refractivity contribution in [3.8, 4) is 0 Å². The number of hydrogen-bond donors (Lipinski definition) is 2. The Morgan fingerprint density at radius 3 is 2.25 bits per heavy atom. The Morgan fingerprint density at radius 1 is 1.12 bits per heavy atom. The van der Waals surface area contributed by atoms with Gasteiger partial charge in [0.25, 0.3) is 5.91 Å². The zero-order valence-corrected chi connectivity index (χ0v) is 13.1. The molecular formula is C15H18F2N4O3. The van der Waals surface area contributed by atoms with Crippen molar-refractivity contribution in [2.75, 3.05) is 26.2 Å². The normalized spacial score (nSPS) is 15.8. The van der Waals surface area contributed by atoms with Crippen LogP contribution in [-0.2, 0) is 4.79 Å². The first kappa shape index (κ1) is 17.6. The number of nitrogens with zero attached hydrogens (tertiary/aromatic N) is 2. The van der Waals surface area contributed by atoms with Crippen LogP contribution in [0.4, 0.5) is 13.6 Å². The molecule has 1 aliphatic rings. The van der Waals surface area contributed by atoms with E-state index in [1.807, 2.05) is 0 Å². The maximum atomic E-state index is 13.7. The van der Waals surface area contributed by atoms with E-state index in [-0.39, 0.29) is 37.6 Å². The highest BCUT2D eigenvalue weighted by atomic mass is 19.1. The Hall–Kier alpha value is -2.71. The molecule has 0 bridgehead atoms. The molecular weight excluding hydrogens is 322 g/mol. The van der Waals surface area contributed by atoms with Crippen LogP contribution in [0.1, 0.15) is 17.3 Å². The topological polar surface area (TPSA) is 95.7 Å². The van der Waals surface area contributed by atoms with Crippen LogP contribution in [-0.4, -0.2) is 59.9 Å². The first-order chi connectivity index (χ1) is 11.3. The Kier molecular flexibility index (Phi) is 5.32. The van der Waals surface area contributed by atoms with E-state index < -0.39 is 29.6 Å². The van der Waals surface area contributed by atoms with Gasteiger partial charge in [-0.25, -0.2) is 13.6 Å². The van der Waals surface area contributed by atoms with Gasteiger partial charge in [-0.05, 0) is 19.1 Å². The lowest BCUT2D eigenvalue weighted by Crippen LogP contribution is -2.55. The number of benzene rings is 1. The molecule has 2 rings (SSSR count). The molecule has 0 spiro atoms. The molecule has 0 radical (unpaired) electrons. The van der Waals surface area contributed by atoms with Crippen LogP contribution in [0.2, 0.25) is 0 Å². The molecule has 7 nitrogen and oxygen atoms in total. The number of nitrogens with two attached hydrogens (primary N) is 1. The van der Waals surface area contributed by atoms with E-state index in [0.29, 0.717) is 6.07 Å². The number of carbonyl (C=O) groups excluding carboxylic acids is 3. The fourth-order valence-corrected chi connectivity index (χ4v) is 2.51. The van der Waals surface area contributed by atoms with Gasteiger partial charge < -0.3 is 20.9 Å². The van der Waals surface area contributed by atoms with Crippen LogP contribution in [0.15, 0.2) is 18.2 Å². The average Bonchev–Trinajstić information content (AvgIpc) is 2.53. The minimum absolute atomic E-state index is 0.208. The second kappa shape index (κ2) is 7.24. The number of carbonyl (C=O) groups is 3. The van der Waals surface area contributed by atoms with E-state index in [9.17, 15) is 23.2 Å². The van der Waals surface area contributed by atoms with Crippen molar-refractivity contribution in [2.45, 2.75) is 13.0 Å². The summed E-state index contributed by atoms with van der Waals surface area (Å²) in [6, 6.07) is 1.22. The van der Waals surface area contributed by atoms with E-state index in [0.717, 1.165) is 12.1 Å². The molecule has 1 aromatic rings. The number of hydrogen-bond acceptors (Lipinski definition) is 3. The smallest absolute Gasteiger partial charge is 0.312 e. The molecule has 4 amide bonds. The van der Waals surface area contributed by atoms with Gasteiger partial charge in [0, 0.05) is 32.2 Å². The lowest BCUT2D eigenvalue weighted by Gasteiger charge is -2.36. The van der Waals surface area contributed by atoms with Gasteiger partial charge in [-0.3, -0.25) is 9.59 Å². The van der Waals surface area contributed by atoms with Gasteiger partial charge in [0.1, 0.15) is 17.7 Å². The van der Waals surface area contributed by atoms with Crippen molar-refractivity contribution in [3.05, 3.63) is 35.4 Å². The SMILES string of the molecule is C[C@@H](NC(N)=O)C(=O)N1CCN(C(=O)c2ccc(F)cc2F)CC1. The third-order valence-corrected chi connectivity index (χ3v) is 3.77. The Bertz CT molecular complexity index is 660. The quantitative estimate of drug-likeness (QED) is 0.829. The number of rotatable bonds is 3. The third-order valence-electron chi connectivity index (χ3n) is 3.77. The van der Waals surface area contributed by atoms with E-state index in [2.05, 4.69) is 5.32 Å². The molecule has 1 aliphatic heterocycles. The summed E-state index contributed by atoms with van der Waals surface area (Å²) in [5.41, 5.74) is 4.77. The zero-order valence-electron chi connectivity index (χ0n) is 13.1. The highest BCUT2D eigenvalue weighted by molar-refractivity contribution is 5.94. The highest BCUT2D eigenvalue weighted by Gasteiger charge is 2.28. The second-order valence-corrected chi connectivity index (χ2v) is 5.47. The van der Waals surface area contributed by atoms with E-state index >= 15 is 0 Å². The maximum absolute atomic E-state index is 13.7. The fourth-order valence-electron chi connectivity index (χ4n) is 2.51. The first-order valence-electron chi connectivity index (χ1n) is 7.38. The molecule has 24 heavy (non-hydrogen) atoms. The Morgan fingerprint density at radius 2 is 1.71 bits per heavy atom. The summed E-state index contributed by atoms with van der Waals surface area (Å²) in [4.78, 5) is 38.1. The van der Waals surface area contributed by atoms with Crippen molar-refractivity contribution < 1.29 is 23.2 Å². The Balaban J connectivity index is 1.96. The van der Waals surface area contributed by atoms with Gasteiger partial charge in [-0.2, -0.15) is 0 Å². The molecule has 0 aromatic heterocycles. The summed E-state index contributed by atoms with van der Waals surface area (Å²) >= 11 is 0. The summed E-state index contributed by atoms with van der Waals surface area (Å²) in [5.74, 6) is -2.54.